The number of hydrogen-bond donors (Lipinski definition) is 3. The Kier molecular flexibility index (Phi) is 4.30. The Hall–Kier alpha value is -2.75. The van der Waals surface area contributed by atoms with Gasteiger partial charge in [0.15, 0.2) is 11.5 Å². The first kappa shape index (κ1) is 16.1. The van der Waals surface area contributed by atoms with Gasteiger partial charge in [0.2, 0.25) is 5.95 Å². The molecular weight excluding hydrogens is 310 g/mol. The van der Waals surface area contributed by atoms with Crippen molar-refractivity contribution in [2.24, 2.45) is 18.5 Å². The molecule has 1 amide bonds. The summed E-state index contributed by atoms with van der Waals surface area (Å²) < 4.78 is 1.63. The summed E-state index contributed by atoms with van der Waals surface area (Å²) in [6, 6.07) is 0.138. The lowest BCUT2D eigenvalue weighted by Gasteiger charge is -2.37. The van der Waals surface area contributed by atoms with E-state index in [0.29, 0.717) is 11.6 Å². The number of aromatic nitrogens is 5. The van der Waals surface area contributed by atoms with Crippen molar-refractivity contribution in [3.05, 3.63) is 18.1 Å². The Balaban J connectivity index is 1.94. The molecule has 0 bridgehead atoms. The first-order chi connectivity index (χ1) is 11.5. The molecule has 1 aliphatic heterocycles. The second-order valence-electron chi connectivity index (χ2n) is 5.94. The van der Waals surface area contributed by atoms with Gasteiger partial charge < -0.3 is 21.7 Å². The molecule has 24 heavy (non-hydrogen) atoms. The van der Waals surface area contributed by atoms with Crippen LogP contribution >= 0.6 is 0 Å². The molecule has 1 aliphatic rings. The van der Waals surface area contributed by atoms with Crippen LogP contribution in [0.5, 0.6) is 0 Å². The maximum Gasteiger partial charge on any atom is 0.273 e. The number of amides is 1. The normalized spacial score (nSPS) is 20.9. The van der Waals surface area contributed by atoms with Gasteiger partial charge in [-0.2, -0.15) is 10.1 Å². The minimum Gasteiger partial charge on any atom is -0.364 e. The maximum absolute atomic E-state index is 11.6. The van der Waals surface area contributed by atoms with Crippen LogP contribution in [0.2, 0.25) is 0 Å². The largest absolute Gasteiger partial charge is 0.364 e. The van der Waals surface area contributed by atoms with E-state index < -0.39 is 5.91 Å². The minimum absolute atomic E-state index is 0.0171. The highest BCUT2D eigenvalue weighted by molar-refractivity contribution is 5.96. The quantitative estimate of drug-likeness (QED) is 0.697. The molecule has 128 valence electrons. The van der Waals surface area contributed by atoms with E-state index in [1.807, 2.05) is 11.8 Å². The monoisotopic (exact) mass is 331 g/mol. The minimum atomic E-state index is -0.698. The highest BCUT2D eigenvalue weighted by Crippen LogP contribution is 2.23. The summed E-state index contributed by atoms with van der Waals surface area (Å²) >= 11 is 0. The number of primary amides is 1. The van der Waals surface area contributed by atoms with Crippen LogP contribution in [0.25, 0.3) is 0 Å². The molecule has 3 heterocycles. The fourth-order valence-electron chi connectivity index (χ4n) is 2.77. The Morgan fingerprint density at radius 1 is 1.42 bits per heavy atom. The molecule has 2 aromatic rings. The average Bonchev–Trinajstić information content (AvgIpc) is 2.95. The maximum atomic E-state index is 11.6. The molecule has 0 aliphatic carbocycles. The molecule has 0 radical (unpaired) electrons. The SMILES string of the molecule is C[C@@H]1[C@H](N)CCCN1c1nnc(C(N)=O)c(Nc2cnn(C)c2)n1. The average molecular weight is 331 g/mol. The second kappa shape index (κ2) is 6.40. The lowest BCUT2D eigenvalue weighted by Crippen LogP contribution is -2.51. The van der Waals surface area contributed by atoms with Crippen LogP contribution in [0, 0.1) is 0 Å². The Morgan fingerprint density at radius 2 is 2.21 bits per heavy atom. The van der Waals surface area contributed by atoms with Crippen LogP contribution < -0.4 is 21.7 Å². The summed E-state index contributed by atoms with van der Waals surface area (Å²) in [5.41, 5.74) is 12.2. The third-order valence-electron chi connectivity index (χ3n) is 4.18. The number of rotatable bonds is 4. The van der Waals surface area contributed by atoms with Crippen molar-refractivity contribution in [2.45, 2.75) is 31.8 Å². The Morgan fingerprint density at radius 3 is 2.88 bits per heavy atom. The van der Waals surface area contributed by atoms with Crippen molar-refractivity contribution in [2.75, 3.05) is 16.8 Å². The van der Waals surface area contributed by atoms with Crippen molar-refractivity contribution in [1.29, 1.82) is 0 Å². The number of anilines is 3. The van der Waals surface area contributed by atoms with E-state index in [9.17, 15) is 4.79 Å². The summed E-state index contributed by atoms with van der Waals surface area (Å²) in [7, 11) is 1.79. The number of aryl methyl sites for hydroxylation is 1. The fourth-order valence-corrected chi connectivity index (χ4v) is 2.77. The molecule has 0 aromatic carbocycles. The van der Waals surface area contributed by atoms with E-state index in [2.05, 4.69) is 25.6 Å². The molecular formula is C14H21N9O. The predicted octanol–water partition coefficient (Wildman–Crippen LogP) is -0.236. The smallest absolute Gasteiger partial charge is 0.273 e. The fraction of sp³-hybridized carbons (Fsp3) is 0.500. The van der Waals surface area contributed by atoms with Gasteiger partial charge in [-0.3, -0.25) is 9.48 Å². The number of nitrogens with one attached hydrogen (secondary N) is 1. The van der Waals surface area contributed by atoms with Crippen molar-refractivity contribution in [1.82, 2.24) is 25.0 Å². The molecule has 2 atom stereocenters. The number of carbonyl (C=O) groups is 1. The zero-order valence-electron chi connectivity index (χ0n) is 13.7. The van der Waals surface area contributed by atoms with Crippen LogP contribution in [0.4, 0.5) is 17.5 Å². The zero-order valence-corrected chi connectivity index (χ0v) is 13.7. The summed E-state index contributed by atoms with van der Waals surface area (Å²) in [6.07, 6.45) is 5.29. The third kappa shape index (κ3) is 3.13. The van der Waals surface area contributed by atoms with Gasteiger partial charge in [0, 0.05) is 31.9 Å². The van der Waals surface area contributed by atoms with Gasteiger partial charge in [0.25, 0.3) is 5.91 Å². The van der Waals surface area contributed by atoms with Gasteiger partial charge >= 0.3 is 0 Å². The zero-order chi connectivity index (χ0) is 17.3. The molecule has 0 saturated carbocycles. The van der Waals surface area contributed by atoms with E-state index in [4.69, 9.17) is 11.5 Å². The summed E-state index contributed by atoms with van der Waals surface area (Å²) in [5.74, 6) is -0.0165. The lowest BCUT2D eigenvalue weighted by atomic mass is 9.99. The first-order valence-electron chi connectivity index (χ1n) is 7.78. The van der Waals surface area contributed by atoms with Gasteiger partial charge in [-0.15, -0.1) is 10.2 Å². The summed E-state index contributed by atoms with van der Waals surface area (Å²) in [4.78, 5) is 18.1. The highest BCUT2D eigenvalue weighted by Gasteiger charge is 2.28. The van der Waals surface area contributed by atoms with E-state index in [0.717, 1.165) is 19.4 Å². The number of nitrogens with zero attached hydrogens (tertiary/aromatic N) is 6. The van der Waals surface area contributed by atoms with Crippen molar-refractivity contribution >= 4 is 23.4 Å². The topological polar surface area (TPSA) is 141 Å². The van der Waals surface area contributed by atoms with Crippen LogP contribution in [-0.4, -0.2) is 49.5 Å². The number of carbonyl (C=O) groups excluding carboxylic acids is 1. The molecule has 1 saturated heterocycles. The van der Waals surface area contributed by atoms with Crippen molar-refractivity contribution in [3.63, 3.8) is 0 Å². The van der Waals surface area contributed by atoms with E-state index in [1.54, 1.807) is 24.1 Å². The van der Waals surface area contributed by atoms with Gasteiger partial charge in [0.05, 0.1) is 11.9 Å². The molecule has 2 aromatic heterocycles. The van der Waals surface area contributed by atoms with Gasteiger partial charge in [0.1, 0.15) is 0 Å². The van der Waals surface area contributed by atoms with Crippen molar-refractivity contribution in [3.8, 4) is 0 Å². The lowest BCUT2D eigenvalue weighted by molar-refractivity contribution is 0.0995. The number of hydrogen-bond acceptors (Lipinski definition) is 8. The van der Waals surface area contributed by atoms with Gasteiger partial charge in [-0.1, -0.05) is 0 Å². The van der Waals surface area contributed by atoms with Crippen LogP contribution in [0.3, 0.4) is 0 Å². The molecule has 1 fully saturated rings. The Labute approximate surface area is 139 Å². The van der Waals surface area contributed by atoms with Crippen LogP contribution in [-0.2, 0) is 7.05 Å². The molecule has 0 unspecified atom stereocenters. The van der Waals surface area contributed by atoms with E-state index >= 15 is 0 Å². The Bertz CT molecular complexity index is 744. The van der Waals surface area contributed by atoms with Crippen molar-refractivity contribution < 1.29 is 4.79 Å². The van der Waals surface area contributed by atoms with E-state index in [1.165, 1.54) is 0 Å². The highest BCUT2D eigenvalue weighted by atomic mass is 16.1. The predicted molar refractivity (Wildman–Crippen MR) is 88.9 cm³/mol. The molecule has 3 rings (SSSR count). The number of piperidine rings is 1. The summed E-state index contributed by atoms with van der Waals surface area (Å²) in [6.45, 7) is 2.82. The summed E-state index contributed by atoms with van der Waals surface area (Å²) in [5, 5.41) is 15.1. The van der Waals surface area contributed by atoms with Gasteiger partial charge in [-0.05, 0) is 19.8 Å². The molecule has 0 spiro atoms. The molecule has 10 nitrogen and oxygen atoms in total. The standard InChI is InChI=1S/C14H21N9O/c1-8-10(15)4-3-5-23(8)14-19-13(11(12(16)24)20-21-14)18-9-6-17-22(2)7-9/h6-8,10H,3-5,15H2,1-2H3,(H2,16,24)(H,18,19,21)/t8-,10-/m1/s1. The van der Waals surface area contributed by atoms with Crippen LogP contribution in [0.15, 0.2) is 12.4 Å². The third-order valence-corrected chi connectivity index (χ3v) is 4.18. The second-order valence-corrected chi connectivity index (χ2v) is 5.94. The van der Waals surface area contributed by atoms with E-state index in [-0.39, 0.29) is 23.6 Å². The van der Waals surface area contributed by atoms with Gasteiger partial charge in [-0.25, -0.2) is 0 Å². The van der Waals surface area contributed by atoms with Crippen LogP contribution in [0.1, 0.15) is 30.3 Å². The number of nitrogens with two attached hydrogens (primary N) is 2. The molecule has 5 N–H and O–H groups in total. The molecule has 10 heteroatoms. The first-order valence-corrected chi connectivity index (χ1v) is 7.78.